The lowest BCUT2D eigenvalue weighted by Crippen LogP contribution is -2.34. The highest BCUT2D eigenvalue weighted by Gasteiger charge is 2.21. The number of nitrogens with one attached hydrogen (secondary N) is 1. The third-order valence-electron chi connectivity index (χ3n) is 3.68. The van der Waals surface area contributed by atoms with Gasteiger partial charge in [0, 0.05) is 25.7 Å². The van der Waals surface area contributed by atoms with Crippen molar-refractivity contribution in [1.82, 2.24) is 15.4 Å². The molecule has 2 aromatic rings. The van der Waals surface area contributed by atoms with E-state index in [1.54, 1.807) is 29.2 Å². The number of rotatable bonds is 4. The molecule has 1 N–H and O–H groups in total. The maximum atomic E-state index is 12.4. The highest BCUT2D eigenvalue weighted by atomic mass is 35.5. The Labute approximate surface area is 149 Å². The molecule has 0 spiro atoms. The van der Waals surface area contributed by atoms with Gasteiger partial charge in [-0.1, -0.05) is 34.4 Å². The van der Waals surface area contributed by atoms with Gasteiger partial charge >= 0.3 is 0 Å². The van der Waals surface area contributed by atoms with Crippen LogP contribution in [0.25, 0.3) is 0 Å². The van der Waals surface area contributed by atoms with Crippen molar-refractivity contribution in [3.05, 3.63) is 45.8 Å². The molecule has 0 atom stereocenters. The molecule has 0 radical (unpaired) electrons. The van der Waals surface area contributed by atoms with Crippen LogP contribution >= 0.6 is 23.2 Å². The molecule has 1 aromatic heterocycles. The number of ether oxygens (including phenoxy) is 1. The first kappa shape index (κ1) is 17.1. The van der Waals surface area contributed by atoms with Crippen molar-refractivity contribution < 1.29 is 14.1 Å². The van der Waals surface area contributed by atoms with Crippen molar-refractivity contribution in [2.45, 2.75) is 13.0 Å². The fraction of sp³-hybridized carbons (Fsp3) is 0.375. The van der Waals surface area contributed by atoms with Crippen LogP contribution in [0.15, 0.2) is 28.8 Å². The van der Waals surface area contributed by atoms with E-state index in [4.69, 9.17) is 32.5 Å². The molecule has 1 amide bonds. The third-order valence-corrected chi connectivity index (χ3v) is 4.28. The number of para-hydroxylation sites is 1. The van der Waals surface area contributed by atoms with Crippen LogP contribution in [0.5, 0.6) is 5.75 Å². The van der Waals surface area contributed by atoms with Gasteiger partial charge in [-0.05, 0) is 25.1 Å². The number of aromatic nitrogens is 1. The average Bonchev–Trinajstić information content (AvgIpc) is 2.87. The van der Waals surface area contributed by atoms with E-state index in [9.17, 15) is 4.79 Å². The number of benzene rings is 1. The molecule has 24 heavy (non-hydrogen) atoms. The van der Waals surface area contributed by atoms with Gasteiger partial charge in [-0.25, -0.2) is 0 Å². The van der Waals surface area contributed by atoms with E-state index in [1.807, 2.05) is 0 Å². The number of halogens is 2. The highest BCUT2D eigenvalue weighted by molar-refractivity contribution is 6.37. The molecule has 1 fully saturated rings. The van der Waals surface area contributed by atoms with Gasteiger partial charge in [-0.3, -0.25) is 4.79 Å². The summed E-state index contributed by atoms with van der Waals surface area (Å²) in [4.78, 5) is 14.2. The minimum atomic E-state index is -0.135. The van der Waals surface area contributed by atoms with Gasteiger partial charge in [0.25, 0.3) is 5.91 Å². The highest BCUT2D eigenvalue weighted by Crippen LogP contribution is 2.32. The average molecular weight is 370 g/mol. The Hall–Kier alpha value is -1.76. The Bertz CT molecular complexity index is 692. The third kappa shape index (κ3) is 4.01. The Morgan fingerprint density at radius 2 is 2.08 bits per heavy atom. The molecule has 1 saturated heterocycles. The lowest BCUT2D eigenvalue weighted by Gasteiger charge is -2.17. The van der Waals surface area contributed by atoms with E-state index < -0.39 is 0 Å². The summed E-state index contributed by atoms with van der Waals surface area (Å²) in [5.74, 6) is 0.676. The lowest BCUT2D eigenvalue weighted by molar-refractivity contribution is 0.0755. The Kier molecular flexibility index (Phi) is 5.60. The topological polar surface area (TPSA) is 67.6 Å². The number of carbonyl (C=O) groups is 1. The first-order valence-electron chi connectivity index (χ1n) is 7.67. The van der Waals surface area contributed by atoms with Gasteiger partial charge in [-0.15, -0.1) is 0 Å². The van der Waals surface area contributed by atoms with Crippen molar-refractivity contribution in [3.63, 3.8) is 0 Å². The van der Waals surface area contributed by atoms with Gasteiger partial charge in [0.2, 0.25) is 0 Å². The molecular formula is C16H17Cl2N3O3. The summed E-state index contributed by atoms with van der Waals surface area (Å²) in [6, 6.07) is 6.70. The van der Waals surface area contributed by atoms with Gasteiger partial charge in [-0.2, -0.15) is 0 Å². The van der Waals surface area contributed by atoms with E-state index >= 15 is 0 Å². The smallest absolute Gasteiger partial charge is 0.276 e. The molecule has 0 bridgehead atoms. The molecule has 0 saturated carbocycles. The van der Waals surface area contributed by atoms with Crippen molar-refractivity contribution in [1.29, 1.82) is 0 Å². The first-order chi connectivity index (χ1) is 11.6. The van der Waals surface area contributed by atoms with Crippen LogP contribution in [0.2, 0.25) is 10.0 Å². The predicted octanol–water partition coefficient (Wildman–Crippen LogP) is 3.00. The molecule has 1 aliphatic heterocycles. The number of amides is 1. The number of nitrogens with zero attached hydrogens (tertiary/aromatic N) is 2. The lowest BCUT2D eigenvalue weighted by atomic mass is 10.3. The van der Waals surface area contributed by atoms with Crippen LogP contribution in [0.3, 0.4) is 0 Å². The van der Waals surface area contributed by atoms with Crippen LogP contribution in [0, 0.1) is 0 Å². The zero-order valence-electron chi connectivity index (χ0n) is 12.9. The molecule has 0 unspecified atom stereocenters. The van der Waals surface area contributed by atoms with Gasteiger partial charge < -0.3 is 19.5 Å². The van der Waals surface area contributed by atoms with Crippen LogP contribution in [0.1, 0.15) is 22.7 Å². The van der Waals surface area contributed by atoms with Gasteiger partial charge in [0.15, 0.2) is 17.2 Å². The van der Waals surface area contributed by atoms with Gasteiger partial charge in [0.1, 0.15) is 6.61 Å². The Balaban J connectivity index is 1.64. The second-order valence-electron chi connectivity index (χ2n) is 5.41. The van der Waals surface area contributed by atoms with E-state index in [1.165, 1.54) is 0 Å². The summed E-state index contributed by atoms with van der Waals surface area (Å²) in [6.45, 7) is 3.16. The molecule has 1 aromatic carbocycles. The molecule has 128 valence electrons. The van der Waals surface area contributed by atoms with Crippen molar-refractivity contribution in [2.24, 2.45) is 0 Å². The molecule has 3 rings (SSSR count). The molecular weight excluding hydrogens is 353 g/mol. The summed E-state index contributed by atoms with van der Waals surface area (Å²) in [5.41, 5.74) is 0.278. The largest absolute Gasteiger partial charge is 0.482 e. The van der Waals surface area contributed by atoms with Crippen LogP contribution in [-0.2, 0) is 6.61 Å². The van der Waals surface area contributed by atoms with E-state index in [0.717, 1.165) is 19.5 Å². The second-order valence-corrected chi connectivity index (χ2v) is 6.23. The quantitative estimate of drug-likeness (QED) is 0.896. The van der Waals surface area contributed by atoms with Crippen LogP contribution in [0.4, 0.5) is 0 Å². The number of hydrogen-bond acceptors (Lipinski definition) is 5. The van der Waals surface area contributed by atoms with Crippen molar-refractivity contribution in [2.75, 3.05) is 26.2 Å². The normalized spacial score (nSPS) is 15.2. The monoisotopic (exact) mass is 369 g/mol. The SMILES string of the molecule is O=C(c1cc(COc2c(Cl)cccc2Cl)on1)N1CCCNCC1. The second kappa shape index (κ2) is 7.88. The summed E-state index contributed by atoms with van der Waals surface area (Å²) < 4.78 is 10.8. The molecule has 0 aliphatic carbocycles. The van der Waals surface area contributed by atoms with E-state index in [-0.39, 0.29) is 18.2 Å². The maximum Gasteiger partial charge on any atom is 0.276 e. The number of carbonyl (C=O) groups excluding carboxylic acids is 1. The zero-order chi connectivity index (χ0) is 16.9. The summed E-state index contributed by atoms with van der Waals surface area (Å²) in [5, 5.41) is 7.93. The molecule has 6 nitrogen and oxygen atoms in total. The Morgan fingerprint density at radius 3 is 2.88 bits per heavy atom. The molecule has 2 heterocycles. The minimum absolute atomic E-state index is 0.0886. The molecule has 1 aliphatic rings. The van der Waals surface area contributed by atoms with Gasteiger partial charge in [0.05, 0.1) is 10.0 Å². The van der Waals surface area contributed by atoms with Crippen LogP contribution < -0.4 is 10.1 Å². The standard InChI is InChI=1S/C16H17Cl2N3O3/c17-12-3-1-4-13(18)15(12)23-10-11-9-14(20-24-11)16(22)21-7-2-5-19-6-8-21/h1,3-4,9,19H,2,5-8,10H2. The first-order valence-corrected chi connectivity index (χ1v) is 8.43. The number of hydrogen-bond donors (Lipinski definition) is 1. The fourth-order valence-corrected chi connectivity index (χ4v) is 2.96. The summed E-state index contributed by atoms with van der Waals surface area (Å²) in [7, 11) is 0. The molecule has 8 heteroatoms. The maximum absolute atomic E-state index is 12.4. The predicted molar refractivity (Wildman–Crippen MR) is 90.7 cm³/mol. The Morgan fingerprint density at radius 1 is 1.29 bits per heavy atom. The van der Waals surface area contributed by atoms with E-state index in [2.05, 4.69) is 10.5 Å². The summed E-state index contributed by atoms with van der Waals surface area (Å²) in [6.07, 6.45) is 0.921. The van der Waals surface area contributed by atoms with E-state index in [0.29, 0.717) is 34.6 Å². The van der Waals surface area contributed by atoms with Crippen LogP contribution in [-0.4, -0.2) is 42.1 Å². The zero-order valence-corrected chi connectivity index (χ0v) is 14.4. The minimum Gasteiger partial charge on any atom is -0.482 e. The fourth-order valence-electron chi connectivity index (χ4n) is 2.46. The summed E-state index contributed by atoms with van der Waals surface area (Å²) >= 11 is 12.1. The van der Waals surface area contributed by atoms with Crippen molar-refractivity contribution in [3.8, 4) is 5.75 Å². The van der Waals surface area contributed by atoms with Crippen molar-refractivity contribution >= 4 is 29.1 Å².